The third kappa shape index (κ3) is 27.5. The Balaban J connectivity index is 0.000000205. The van der Waals surface area contributed by atoms with Gasteiger partial charge in [0.05, 0.1) is 81.8 Å². The Morgan fingerprint density at radius 2 is 0.526 bits per heavy atom. The number of carbonyl (C=O) groups is 3. The smallest absolute Gasteiger partial charge is 0.494 e. The molecule has 3 unspecified atom stereocenters. The lowest BCUT2D eigenvalue weighted by Crippen LogP contribution is -2.42. The fourth-order valence-electron chi connectivity index (χ4n) is 9.23. The van der Waals surface area contributed by atoms with Crippen LogP contribution in [0.25, 0.3) is 0 Å². The summed E-state index contributed by atoms with van der Waals surface area (Å²) in [4.78, 5) is 37.1. The van der Waals surface area contributed by atoms with E-state index in [0.29, 0.717) is 121 Å². The zero-order chi connectivity index (χ0) is 69.1. The fraction of sp³-hybridized carbons (Fsp3) is 0.443. The molecular weight excluding hydrogens is 1310 g/mol. The molecule has 6 aromatic carbocycles. The normalized spacial score (nSPS) is 15.2. The maximum Gasteiger partial charge on any atom is 0.500 e. The zero-order valence-corrected chi connectivity index (χ0v) is 59.8. The monoisotopic (exact) mass is 1400 g/mol. The van der Waals surface area contributed by atoms with Crippen LogP contribution in [0.4, 0.5) is 0 Å². The van der Waals surface area contributed by atoms with Crippen molar-refractivity contribution < 1.29 is 111 Å². The van der Waals surface area contributed by atoms with Crippen molar-refractivity contribution >= 4 is 44.3 Å². The Kier molecular flexibility index (Phi) is 32.7. The average Bonchev–Trinajstić information content (AvgIpc) is 2.31. The van der Waals surface area contributed by atoms with Crippen molar-refractivity contribution in [1.82, 2.24) is 0 Å². The summed E-state index contributed by atoms with van der Waals surface area (Å²) >= 11 is 0. The quantitative estimate of drug-likeness (QED) is 0.0113. The molecule has 3 saturated heterocycles. The van der Waals surface area contributed by atoms with Gasteiger partial charge in [0.15, 0.2) is 0 Å². The van der Waals surface area contributed by atoms with E-state index in [1.165, 1.54) is 0 Å². The number of hydrogen-bond donors (Lipinski definition) is 0. The second-order valence-corrected chi connectivity index (χ2v) is 31.3. The SMILES string of the molecule is CO[Si](CCCCOc1ccc(C(=O)Oc2ccc(OCCC3CO3)cc2)cc1)(OC)OC.CO[Si](CCCCOc1ccc(OC(=O)c2ccc(OCCC3CO3)cc2)cc1)(OC)OC.CO[Si](CCCOc1ccc(OC(=O)c2ccc(OCC3CO3)cc2)cc1)(OC)OC. The van der Waals surface area contributed by atoms with E-state index in [0.717, 1.165) is 82.6 Å². The van der Waals surface area contributed by atoms with Gasteiger partial charge in [0, 0.05) is 95.0 Å². The molecule has 0 spiro atoms. The summed E-state index contributed by atoms with van der Waals surface area (Å²) in [6.45, 7) is 5.71. The molecule has 3 heterocycles. The summed E-state index contributed by atoms with van der Waals surface area (Å²) in [5, 5.41) is 0. The van der Waals surface area contributed by atoms with Crippen LogP contribution in [0.15, 0.2) is 146 Å². The summed E-state index contributed by atoms with van der Waals surface area (Å²) < 4.78 is 114. The van der Waals surface area contributed by atoms with E-state index < -0.39 is 44.3 Å². The molecular formula is C70H92O24Si3. The Bertz CT molecular complexity index is 3170. The molecule has 0 amide bonds. The molecule has 0 bridgehead atoms. The number of benzene rings is 6. The van der Waals surface area contributed by atoms with Gasteiger partial charge in [0.25, 0.3) is 0 Å². The number of esters is 3. The first-order valence-corrected chi connectivity index (χ1v) is 37.9. The van der Waals surface area contributed by atoms with Crippen LogP contribution in [0.5, 0.6) is 51.7 Å². The largest absolute Gasteiger partial charge is 0.500 e. The van der Waals surface area contributed by atoms with Gasteiger partial charge in [-0.2, -0.15) is 0 Å². The molecule has 0 saturated carbocycles. The van der Waals surface area contributed by atoms with Crippen molar-refractivity contribution in [3.05, 3.63) is 162 Å². The summed E-state index contributed by atoms with van der Waals surface area (Å²) in [6, 6.07) is 43.6. The van der Waals surface area contributed by atoms with Crippen LogP contribution in [0.3, 0.4) is 0 Å². The first-order chi connectivity index (χ1) is 47.2. The van der Waals surface area contributed by atoms with Gasteiger partial charge >= 0.3 is 44.3 Å². The second kappa shape index (κ2) is 41.2. The second-order valence-electron chi connectivity index (χ2n) is 22.1. The summed E-state index contributed by atoms with van der Waals surface area (Å²) in [5.41, 5.74) is 1.34. The number of ether oxygens (including phenoxy) is 12. The van der Waals surface area contributed by atoms with E-state index in [2.05, 4.69) is 0 Å². The standard InChI is InChI=1S/2C24H32O8Si.C22H28O8Si/c1-26-33(27-2,28-3)17-5-4-15-29-21-10-12-22(13-11-21)32-24(25)19-6-8-20(9-7-19)30-16-14-23-18-31-23;1-26-33(27-2,28-3)17-5-4-15-29-20-8-6-19(7-9-20)24(25)32-22-12-10-21(11-13-22)30-16-14-23-18-31-23;1-24-31(25-2,26-3)14-4-13-27-18-9-11-20(12-10-18)30-22(23)17-5-7-19(8-6-17)28-15-21-16-29-21/h2*6-13,23H,4-5,14-18H2,1-3H3;5-12,21H,4,13-16H2,1-3H3. The van der Waals surface area contributed by atoms with Crippen LogP contribution in [0, 0.1) is 0 Å². The van der Waals surface area contributed by atoms with Crippen molar-refractivity contribution in [1.29, 1.82) is 0 Å². The Morgan fingerprint density at radius 1 is 0.299 bits per heavy atom. The van der Waals surface area contributed by atoms with Crippen LogP contribution in [-0.2, 0) is 54.0 Å². The van der Waals surface area contributed by atoms with Crippen LogP contribution in [-0.4, -0.2) is 186 Å². The van der Waals surface area contributed by atoms with Crippen LogP contribution in [0.1, 0.15) is 76.0 Å². The number of rotatable bonds is 43. The highest BCUT2D eigenvalue weighted by Crippen LogP contribution is 2.27. The third-order valence-corrected chi connectivity index (χ3v) is 23.9. The highest BCUT2D eigenvalue weighted by Gasteiger charge is 2.39. The predicted molar refractivity (Wildman–Crippen MR) is 363 cm³/mol. The van der Waals surface area contributed by atoms with Gasteiger partial charge in [0.1, 0.15) is 64.5 Å². The van der Waals surface area contributed by atoms with Gasteiger partial charge in [-0.1, -0.05) is 0 Å². The van der Waals surface area contributed by atoms with Gasteiger partial charge in [-0.15, -0.1) is 0 Å². The molecule has 27 heteroatoms. The first-order valence-electron chi connectivity index (χ1n) is 32.1. The molecule has 9 rings (SSSR count). The molecule has 3 atom stereocenters. The highest BCUT2D eigenvalue weighted by atomic mass is 28.4. The predicted octanol–water partition coefficient (Wildman–Crippen LogP) is 11.6. The van der Waals surface area contributed by atoms with Crippen molar-refractivity contribution in [3.63, 3.8) is 0 Å². The molecule has 3 aliphatic rings. The van der Waals surface area contributed by atoms with Crippen molar-refractivity contribution in [2.45, 2.75) is 81.4 Å². The van der Waals surface area contributed by atoms with E-state index in [1.807, 2.05) is 0 Å². The van der Waals surface area contributed by atoms with E-state index in [9.17, 15) is 14.4 Å². The minimum absolute atomic E-state index is 0.188. The van der Waals surface area contributed by atoms with Crippen LogP contribution < -0.4 is 42.6 Å². The number of unbranched alkanes of at least 4 members (excludes halogenated alkanes) is 2. The maximum atomic E-state index is 12.4. The highest BCUT2D eigenvalue weighted by molar-refractivity contribution is 6.61. The molecule has 0 N–H and O–H groups in total. The summed E-state index contributed by atoms with van der Waals surface area (Å²) in [7, 11) is 6.80. The molecule has 6 aromatic rings. The lowest BCUT2D eigenvalue weighted by molar-refractivity contribution is 0.0725. The minimum atomic E-state index is -2.58. The van der Waals surface area contributed by atoms with Crippen molar-refractivity contribution in [3.8, 4) is 51.7 Å². The van der Waals surface area contributed by atoms with E-state index in [4.69, 9.17) is 96.7 Å². The molecule has 24 nitrogen and oxygen atoms in total. The van der Waals surface area contributed by atoms with E-state index in [-0.39, 0.29) is 6.10 Å². The van der Waals surface area contributed by atoms with Gasteiger partial charge in [-0.3, -0.25) is 0 Å². The average molecular weight is 1400 g/mol. The lowest BCUT2D eigenvalue weighted by atomic mass is 10.2. The van der Waals surface area contributed by atoms with Crippen LogP contribution >= 0.6 is 0 Å². The van der Waals surface area contributed by atoms with Crippen molar-refractivity contribution in [2.75, 3.05) is 123 Å². The Morgan fingerprint density at radius 3 is 0.794 bits per heavy atom. The van der Waals surface area contributed by atoms with Gasteiger partial charge in [-0.25, -0.2) is 14.4 Å². The third-order valence-electron chi connectivity index (χ3n) is 15.4. The Hall–Kier alpha value is -7.30. The summed E-state index contributed by atoms with van der Waals surface area (Å²) in [5.74, 6) is 4.28. The molecule has 3 fully saturated rings. The van der Waals surface area contributed by atoms with Gasteiger partial charge in [0.2, 0.25) is 0 Å². The van der Waals surface area contributed by atoms with Gasteiger partial charge < -0.3 is 96.7 Å². The number of carbonyl (C=O) groups excluding carboxylic acids is 3. The molecule has 3 aliphatic heterocycles. The minimum Gasteiger partial charge on any atom is -0.494 e. The first kappa shape index (κ1) is 77.1. The molecule has 97 heavy (non-hydrogen) atoms. The van der Waals surface area contributed by atoms with Crippen molar-refractivity contribution in [2.24, 2.45) is 0 Å². The molecule has 0 aromatic heterocycles. The topological polar surface area (TPSA) is 255 Å². The van der Waals surface area contributed by atoms with Crippen LogP contribution in [0.2, 0.25) is 18.1 Å². The number of hydrogen-bond acceptors (Lipinski definition) is 24. The molecule has 0 radical (unpaired) electrons. The molecule has 0 aliphatic carbocycles. The summed E-state index contributed by atoms with van der Waals surface area (Å²) in [6.07, 6.45) is 6.77. The zero-order valence-electron chi connectivity index (χ0n) is 56.8. The Labute approximate surface area is 571 Å². The van der Waals surface area contributed by atoms with E-state index >= 15 is 0 Å². The van der Waals surface area contributed by atoms with E-state index in [1.54, 1.807) is 210 Å². The lowest BCUT2D eigenvalue weighted by Gasteiger charge is -2.24. The number of epoxide rings is 3. The van der Waals surface area contributed by atoms with Gasteiger partial charge in [-0.05, 0) is 178 Å². The fourth-order valence-corrected chi connectivity index (χ4v) is 14.5. The molecule has 528 valence electrons. The maximum absolute atomic E-state index is 12.4.